The van der Waals surface area contributed by atoms with Gasteiger partial charge in [-0.3, -0.25) is 0 Å². The molecule has 0 bridgehead atoms. The van der Waals surface area contributed by atoms with Crippen LogP contribution in [0.4, 0.5) is 0 Å². The van der Waals surface area contributed by atoms with Crippen LogP contribution in [-0.4, -0.2) is 21.7 Å². The van der Waals surface area contributed by atoms with Gasteiger partial charge < -0.3 is 10.4 Å². The van der Waals surface area contributed by atoms with Gasteiger partial charge >= 0.3 is 0 Å². The highest BCUT2D eigenvalue weighted by Crippen LogP contribution is 2.40. The Balaban J connectivity index is 1.79. The van der Waals surface area contributed by atoms with Gasteiger partial charge in [0.05, 0.1) is 0 Å². The third-order valence-electron chi connectivity index (χ3n) is 4.84. The quantitative estimate of drug-likeness (QED) is 0.787. The van der Waals surface area contributed by atoms with E-state index in [4.69, 9.17) is 10.1 Å². The van der Waals surface area contributed by atoms with Gasteiger partial charge in [-0.1, -0.05) is 46.5 Å². The summed E-state index contributed by atoms with van der Waals surface area (Å²) in [5.74, 6) is 6.58. The lowest BCUT2D eigenvalue weighted by Gasteiger charge is -2.37. The largest absolute Gasteiger partial charge is 0.384 e. The van der Waals surface area contributed by atoms with E-state index in [0.29, 0.717) is 0 Å². The number of aromatic nitrogens is 2. The smallest absolute Gasteiger partial charge is 0.133 e. The summed E-state index contributed by atoms with van der Waals surface area (Å²) in [6.07, 6.45) is 4.09. The minimum Gasteiger partial charge on any atom is -0.384 e. The van der Waals surface area contributed by atoms with Crippen molar-refractivity contribution in [1.29, 1.82) is 0 Å². The first-order chi connectivity index (χ1) is 12.7. The van der Waals surface area contributed by atoms with Crippen LogP contribution in [0.3, 0.4) is 0 Å². The standard InChI is InChI=1S/C22H29N3OS/c1-21(2,3)20-24-13-17-18(10-22(4,5)11-19(17)25-20)23-12-16-9-15(14-27-16)7-6-8-26/h9,13-14,18,23,26H,8,10-12H2,1-5H3/t18-/m0/s1. The molecule has 1 aliphatic carbocycles. The number of aliphatic hydroxyl groups excluding tert-OH is 1. The maximum atomic E-state index is 8.83. The van der Waals surface area contributed by atoms with Crippen LogP contribution in [0.25, 0.3) is 0 Å². The fourth-order valence-electron chi connectivity index (χ4n) is 3.49. The van der Waals surface area contributed by atoms with Crippen molar-refractivity contribution in [3.63, 3.8) is 0 Å². The topological polar surface area (TPSA) is 58.0 Å². The average Bonchev–Trinajstić information content (AvgIpc) is 3.03. The lowest BCUT2D eigenvalue weighted by atomic mass is 9.74. The van der Waals surface area contributed by atoms with Gasteiger partial charge in [-0.2, -0.15) is 0 Å². The van der Waals surface area contributed by atoms with Crippen LogP contribution >= 0.6 is 11.3 Å². The molecule has 0 saturated carbocycles. The number of nitrogens with one attached hydrogen (secondary N) is 1. The second-order valence-corrected chi connectivity index (χ2v) is 10.1. The minimum absolute atomic E-state index is 0.0392. The van der Waals surface area contributed by atoms with Crippen LogP contribution in [-0.2, 0) is 18.4 Å². The van der Waals surface area contributed by atoms with Gasteiger partial charge in [0.2, 0.25) is 0 Å². The van der Waals surface area contributed by atoms with E-state index in [0.717, 1.165) is 30.8 Å². The summed E-state index contributed by atoms with van der Waals surface area (Å²) in [4.78, 5) is 10.8. The molecule has 1 aliphatic rings. The molecular weight excluding hydrogens is 354 g/mol. The molecule has 3 rings (SSSR count). The van der Waals surface area contributed by atoms with Crippen molar-refractivity contribution in [2.75, 3.05) is 6.61 Å². The van der Waals surface area contributed by atoms with Gasteiger partial charge in [0.15, 0.2) is 0 Å². The zero-order chi connectivity index (χ0) is 19.7. The van der Waals surface area contributed by atoms with Crippen molar-refractivity contribution >= 4 is 11.3 Å². The number of nitrogens with zero attached hydrogens (tertiary/aromatic N) is 2. The van der Waals surface area contributed by atoms with E-state index in [1.807, 2.05) is 11.6 Å². The number of aliphatic hydroxyl groups is 1. The number of hydrogen-bond acceptors (Lipinski definition) is 5. The Hall–Kier alpha value is -1.74. The van der Waals surface area contributed by atoms with Gasteiger partial charge in [-0.05, 0) is 24.3 Å². The molecule has 0 aromatic carbocycles. The van der Waals surface area contributed by atoms with Gasteiger partial charge in [-0.15, -0.1) is 11.3 Å². The van der Waals surface area contributed by atoms with Gasteiger partial charge in [0.1, 0.15) is 12.4 Å². The molecule has 2 heterocycles. The Morgan fingerprint density at radius 2 is 2.15 bits per heavy atom. The van der Waals surface area contributed by atoms with Gasteiger partial charge in [0.25, 0.3) is 0 Å². The summed E-state index contributed by atoms with van der Waals surface area (Å²) in [5, 5.41) is 14.6. The monoisotopic (exact) mass is 383 g/mol. The third-order valence-corrected chi connectivity index (χ3v) is 5.77. The molecule has 2 aromatic heterocycles. The van der Waals surface area contributed by atoms with E-state index in [1.165, 1.54) is 16.1 Å². The van der Waals surface area contributed by atoms with Gasteiger partial charge in [-0.25, -0.2) is 9.97 Å². The van der Waals surface area contributed by atoms with Crippen molar-refractivity contribution in [1.82, 2.24) is 15.3 Å². The summed E-state index contributed by atoms with van der Waals surface area (Å²) in [6.45, 7) is 11.8. The van der Waals surface area contributed by atoms with E-state index < -0.39 is 0 Å². The van der Waals surface area contributed by atoms with Crippen LogP contribution in [0.15, 0.2) is 17.6 Å². The number of thiophene rings is 1. The molecule has 5 heteroatoms. The second kappa shape index (κ2) is 7.71. The zero-order valence-electron chi connectivity index (χ0n) is 16.9. The van der Waals surface area contributed by atoms with Crippen LogP contribution in [0.2, 0.25) is 0 Å². The van der Waals surface area contributed by atoms with E-state index in [1.54, 1.807) is 11.3 Å². The summed E-state index contributed by atoms with van der Waals surface area (Å²) < 4.78 is 0. The Kier molecular flexibility index (Phi) is 5.71. The average molecular weight is 384 g/mol. The lowest BCUT2D eigenvalue weighted by molar-refractivity contribution is 0.251. The Morgan fingerprint density at radius 1 is 1.37 bits per heavy atom. The molecule has 0 saturated heterocycles. The van der Waals surface area contributed by atoms with Crippen LogP contribution in [0, 0.1) is 17.3 Å². The molecule has 144 valence electrons. The SMILES string of the molecule is CC1(C)Cc2nc(C(C)(C)C)ncc2[C@@H](NCc2cc(C#CCO)cs2)C1. The van der Waals surface area contributed by atoms with Crippen molar-refractivity contribution < 1.29 is 5.11 Å². The number of rotatable bonds is 3. The van der Waals surface area contributed by atoms with Crippen LogP contribution < -0.4 is 5.32 Å². The molecule has 0 amide bonds. The van der Waals surface area contributed by atoms with Crippen molar-refractivity contribution in [2.24, 2.45) is 5.41 Å². The fraction of sp³-hybridized carbons (Fsp3) is 0.545. The first-order valence-corrected chi connectivity index (χ1v) is 10.3. The Bertz CT molecular complexity index is 868. The van der Waals surface area contributed by atoms with E-state index >= 15 is 0 Å². The first-order valence-electron chi connectivity index (χ1n) is 9.45. The number of fused-ring (bicyclic) bond motifs is 1. The Labute approximate surface area is 166 Å². The summed E-state index contributed by atoms with van der Waals surface area (Å²) >= 11 is 1.70. The molecular formula is C22H29N3OS. The zero-order valence-corrected chi connectivity index (χ0v) is 17.7. The van der Waals surface area contributed by atoms with E-state index in [-0.39, 0.29) is 23.5 Å². The molecule has 2 aromatic rings. The maximum absolute atomic E-state index is 8.83. The third kappa shape index (κ3) is 4.95. The summed E-state index contributed by atoms with van der Waals surface area (Å²) in [5.41, 5.74) is 3.56. The number of hydrogen-bond donors (Lipinski definition) is 2. The highest BCUT2D eigenvalue weighted by Gasteiger charge is 2.34. The molecule has 27 heavy (non-hydrogen) atoms. The van der Waals surface area contributed by atoms with Crippen LogP contribution in [0.1, 0.15) is 74.6 Å². The summed E-state index contributed by atoms with van der Waals surface area (Å²) in [6, 6.07) is 2.35. The predicted molar refractivity (Wildman–Crippen MR) is 111 cm³/mol. The van der Waals surface area contributed by atoms with Crippen LogP contribution in [0.5, 0.6) is 0 Å². The molecule has 1 atom stereocenters. The molecule has 2 N–H and O–H groups in total. The molecule has 0 aliphatic heterocycles. The maximum Gasteiger partial charge on any atom is 0.133 e. The van der Waals surface area contributed by atoms with E-state index in [2.05, 4.69) is 62.8 Å². The highest BCUT2D eigenvalue weighted by atomic mass is 32.1. The Morgan fingerprint density at radius 3 is 2.85 bits per heavy atom. The lowest BCUT2D eigenvalue weighted by Crippen LogP contribution is -2.34. The fourth-order valence-corrected chi connectivity index (χ4v) is 4.26. The van der Waals surface area contributed by atoms with Crippen molar-refractivity contribution in [3.05, 3.63) is 45.2 Å². The summed E-state index contributed by atoms with van der Waals surface area (Å²) in [7, 11) is 0. The molecule has 0 radical (unpaired) electrons. The molecule has 0 fully saturated rings. The molecule has 0 unspecified atom stereocenters. The van der Waals surface area contributed by atoms with E-state index in [9.17, 15) is 0 Å². The molecule has 0 spiro atoms. The second-order valence-electron chi connectivity index (χ2n) is 9.09. The van der Waals surface area contributed by atoms with Crippen molar-refractivity contribution in [3.8, 4) is 11.8 Å². The molecule has 4 nitrogen and oxygen atoms in total. The minimum atomic E-state index is -0.103. The van der Waals surface area contributed by atoms with Gasteiger partial charge in [0, 0.05) is 51.3 Å². The predicted octanol–water partition coefficient (Wildman–Crippen LogP) is 3.98. The highest BCUT2D eigenvalue weighted by molar-refractivity contribution is 7.10. The normalized spacial score (nSPS) is 18.5. The first kappa shape index (κ1) is 20.0. The van der Waals surface area contributed by atoms with Crippen molar-refractivity contribution in [2.45, 2.75) is 65.5 Å².